The maximum absolute atomic E-state index is 13.1. The van der Waals surface area contributed by atoms with E-state index in [0.29, 0.717) is 22.1 Å². The Morgan fingerprint density at radius 1 is 1.29 bits per heavy atom. The summed E-state index contributed by atoms with van der Waals surface area (Å²) in [6.45, 7) is 3.71. The quantitative estimate of drug-likeness (QED) is 0.321. The molecule has 1 amide bonds. The number of carbonyl (C=O) groups excluding carboxylic acids is 1. The second-order valence-corrected chi connectivity index (χ2v) is 9.37. The van der Waals surface area contributed by atoms with Gasteiger partial charge in [0.25, 0.3) is 6.17 Å². The summed E-state index contributed by atoms with van der Waals surface area (Å²) in [4.78, 5) is 31.6. The first-order chi connectivity index (χ1) is 15.1. The van der Waals surface area contributed by atoms with Gasteiger partial charge in [-0.1, -0.05) is 49.7 Å². The number of hydrogen-bond acceptors (Lipinski definition) is 5. The minimum Gasteiger partial charge on any atom is -0.291 e. The van der Waals surface area contributed by atoms with Crippen LogP contribution in [0, 0.1) is 0 Å². The van der Waals surface area contributed by atoms with Crippen LogP contribution in [0.15, 0.2) is 57.8 Å². The van der Waals surface area contributed by atoms with Crippen LogP contribution in [0.4, 0.5) is 5.69 Å². The Hall–Kier alpha value is -2.71. The summed E-state index contributed by atoms with van der Waals surface area (Å²) >= 11 is 3.16. The minimum atomic E-state index is -0.526. The average molecular weight is 454 g/mol. The maximum atomic E-state index is 13.1. The predicted octanol–water partition coefficient (Wildman–Crippen LogP) is 4.65. The van der Waals surface area contributed by atoms with Crippen molar-refractivity contribution in [2.24, 2.45) is 0 Å². The third kappa shape index (κ3) is 4.50. The van der Waals surface area contributed by atoms with Gasteiger partial charge >= 0.3 is 11.3 Å². The first-order valence-electron chi connectivity index (χ1n) is 10.4. The molecule has 4 rings (SSSR count). The molecule has 2 aromatic heterocycles. The summed E-state index contributed by atoms with van der Waals surface area (Å²) in [5, 5.41) is 7.35. The normalized spacial score (nSPS) is 15.2. The van der Waals surface area contributed by atoms with E-state index in [0.717, 1.165) is 29.9 Å². The van der Waals surface area contributed by atoms with Crippen molar-refractivity contribution >= 4 is 40.8 Å². The fourth-order valence-corrected chi connectivity index (χ4v) is 5.16. The molecule has 0 fully saturated rings. The first-order valence-corrected chi connectivity index (χ1v) is 12.3. The number of nitrogens with one attached hydrogen (secondary N) is 1. The van der Waals surface area contributed by atoms with Crippen molar-refractivity contribution in [1.29, 1.82) is 0 Å². The molecular weight excluding hydrogens is 428 g/mol. The molecule has 0 aliphatic carbocycles. The van der Waals surface area contributed by atoms with Crippen LogP contribution in [-0.4, -0.2) is 21.7 Å². The van der Waals surface area contributed by atoms with Gasteiger partial charge in [0.05, 0.1) is 11.3 Å². The smallest absolute Gasteiger partial charge is 0.291 e. The Bertz CT molecular complexity index is 1150. The van der Waals surface area contributed by atoms with Crippen LogP contribution in [0.3, 0.4) is 0 Å². The molecule has 0 spiro atoms. The molecule has 8 heteroatoms. The fourth-order valence-electron chi connectivity index (χ4n) is 3.68. The molecule has 0 saturated carbocycles. The molecule has 1 aliphatic heterocycles. The number of H-pyrrole nitrogens is 1. The van der Waals surface area contributed by atoms with E-state index in [9.17, 15) is 9.59 Å². The molecule has 160 valence electrons. The lowest BCUT2D eigenvalue weighted by Gasteiger charge is -2.29. The van der Waals surface area contributed by atoms with E-state index in [1.54, 1.807) is 39.6 Å². The molecule has 1 aliphatic rings. The van der Waals surface area contributed by atoms with Gasteiger partial charge < -0.3 is 0 Å². The number of anilines is 1. The van der Waals surface area contributed by atoms with Crippen LogP contribution in [0.1, 0.15) is 44.2 Å². The lowest BCUT2D eigenvalue weighted by atomic mass is 10.0. The maximum Gasteiger partial charge on any atom is 0.325 e. The third-order valence-corrected chi connectivity index (χ3v) is 6.89. The van der Waals surface area contributed by atoms with Gasteiger partial charge in [0.2, 0.25) is 11.1 Å². The van der Waals surface area contributed by atoms with Crippen molar-refractivity contribution < 1.29 is 9.48 Å². The molecular formula is C23H25N4O2S2+. The summed E-state index contributed by atoms with van der Waals surface area (Å²) in [7, 11) is 0. The van der Waals surface area contributed by atoms with Crippen molar-refractivity contribution in [3.8, 4) is 11.3 Å². The number of benzene rings is 1. The van der Waals surface area contributed by atoms with Gasteiger partial charge in [-0.25, -0.2) is 4.90 Å². The Labute approximate surface area is 189 Å². The SMILES string of the molecule is CCCCCSc1n[n+]2c(c(=O)[nH]1)-c1ccccc1N(C(C)=O)[C@H]2/C=C/c1cccs1. The van der Waals surface area contributed by atoms with E-state index in [1.165, 1.54) is 0 Å². The highest BCUT2D eigenvalue weighted by atomic mass is 32.2. The zero-order valence-corrected chi connectivity index (χ0v) is 19.2. The van der Waals surface area contributed by atoms with E-state index < -0.39 is 6.17 Å². The Kier molecular flexibility index (Phi) is 6.67. The highest BCUT2D eigenvalue weighted by Crippen LogP contribution is 2.35. The summed E-state index contributed by atoms with van der Waals surface area (Å²) in [5.74, 6) is 0.782. The molecule has 31 heavy (non-hydrogen) atoms. The van der Waals surface area contributed by atoms with Gasteiger partial charge in [-0.05, 0) is 40.8 Å². The van der Waals surface area contributed by atoms with Gasteiger partial charge in [0.1, 0.15) is 0 Å². The summed E-state index contributed by atoms with van der Waals surface area (Å²) in [6.07, 6.45) is 6.74. The molecule has 0 unspecified atom stereocenters. The van der Waals surface area contributed by atoms with Gasteiger partial charge in [0, 0.05) is 28.7 Å². The molecule has 1 aromatic carbocycles. The molecule has 1 N–H and O–H groups in total. The predicted molar refractivity (Wildman–Crippen MR) is 126 cm³/mol. The number of fused-ring (bicyclic) bond motifs is 3. The molecule has 0 saturated heterocycles. The molecule has 3 heterocycles. The summed E-state index contributed by atoms with van der Waals surface area (Å²) in [5.41, 5.74) is 1.69. The number of thiophene rings is 1. The second-order valence-electron chi connectivity index (χ2n) is 7.30. The van der Waals surface area contributed by atoms with Crippen molar-refractivity contribution in [3.05, 3.63) is 63.1 Å². The van der Waals surface area contributed by atoms with Crippen LogP contribution in [0.2, 0.25) is 0 Å². The van der Waals surface area contributed by atoms with Crippen LogP contribution in [0.25, 0.3) is 17.3 Å². The van der Waals surface area contributed by atoms with Gasteiger partial charge in [-0.3, -0.25) is 14.6 Å². The molecule has 6 nitrogen and oxygen atoms in total. The molecule has 1 atom stereocenters. The van der Waals surface area contributed by atoms with Gasteiger partial charge in [-0.15, -0.1) is 11.3 Å². The van der Waals surface area contributed by atoms with Crippen LogP contribution < -0.4 is 15.1 Å². The van der Waals surface area contributed by atoms with Crippen molar-refractivity contribution in [2.45, 2.75) is 44.4 Å². The number of rotatable bonds is 7. The second kappa shape index (κ2) is 9.62. The summed E-state index contributed by atoms with van der Waals surface area (Å²) < 4.78 is 1.69. The van der Waals surface area contributed by atoms with E-state index in [1.807, 2.05) is 53.9 Å². The number of unbranched alkanes of at least 4 members (excludes halogenated alkanes) is 2. The van der Waals surface area contributed by atoms with E-state index in [4.69, 9.17) is 5.10 Å². The number of nitrogens with zero attached hydrogens (tertiary/aromatic N) is 3. The third-order valence-electron chi connectivity index (χ3n) is 5.10. The lowest BCUT2D eigenvalue weighted by Crippen LogP contribution is -2.59. The molecule has 3 aromatic rings. The first kappa shape index (κ1) is 21.5. The van der Waals surface area contributed by atoms with E-state index >= 15 is 0 Å². The molecule has 0 radical (unpaired) electrons. The number of para-hydroxylation sites is 1. The number of carbonyl (C=O) groups is 1. The number of aromatic nitrogens is 3. The highest BCUT2D eigenvalue weighted by molar-refractivity contribution is 7.99. The Morgan fingerprint density at radius 3 is 2.87 bits per heavy atom. The van der Waals surface area contributed by atoms with E-state index in [2.05, 4.69) is 11.9 Å². The minimum absolute atomic E-state index is 0.106. The van der Waals surface area contributed by atoms with Crippen molar-refractivity contribution in [3.63, 3.8) is 0 Å². The highest BCUT2D eigenvalue weighted by Gasteiger charge is 2.42. The fraction of sp³-hybridized carbons (Fsp3) is 0.304. The zero-order valence-electron chi connectivity index (χ0n) is 17.6. The van der Waals surface area contributed by atoms with Gasteiger partial charge in [0.15, 0.2) is 0 Å². The van der Waals surface area contributed by atoms with Crippen molar-refractivity contribution in [1.82, 2.24) is 10.1 Å². The standard InChI is InChI=1S/C23H24N4O2S2/c1-3-4-7-14-31-23-24-22(29)21-18-10-5-6-11-19(18)26(16(2)28)20(27(21)25-23)13-12-17-9-8-15-30-17/h5-6,8-13,15,20H,3-4,7,14H2,1-2H3/p+1/b13-12+/t20-/m1/s1. The van der Waals surface area contributed by atoms with E-state index in [-0.39, 0.29) is 11.5 Å². The number of aromatic amines is 1. The largest absolute Gasteiger partial charge is 0.325 e. The molecule has 0 bridgehead atoms. The van der Waals surface area contributed by atoms with Gasteiger partial charge in [-0.2, -0.15) is 0 Å². The Balaban J connectivity index is 1.83. The number of amides is 1. The number of thioether (sulfide) groups is 1. The van der Waals surface area contributed by atoms with Crippen molar-refractivity contribution in [2.75, 3.05) is 10.7 Å². The average Bonchev–Trinajstić information content (AvgIpc) is 3.28. The topological polar surface area (TPSA) is 69.9 Å². The van der Waals surface area contributed by atoms with Crippen LogP contribution in [0.5, 0.6) is 0 Å². The zero-order chi connectivity index (χ0) is 21.8. The lowest BCUT2D eigenvalue weighted by molar-refractivity contribution is -0.761. The van der Waals surface area contributed by atoms with Crippen LogP contribution >= 0.6 is 23.1 Å². The monoisotopic (exact) mass is 453 g/mol. The number of hydrogen-bond donors (Lipinski definition) is 1. The van der Waals surface area contributed by atoms with Crippen LogP contribution in [-0.2, 0) is 4.79 Å². The summed E-state index contributed by atoms with van der Waals surface area (Å²) in [6, 6.07) is 11.5. The Morgan fingerprint density at radius 2 is 2.13 bits per heavy atom.